The number of aliphatic imine (C=N–C) groups is 1. The number of nitrogens with two attached hydrogens (primary N) is 1. The van der Waals surface area contributed by atoms with Crippen molar-refractivity contribution in [1.82, 2.24) is 14.3 Å². The Bertz CT molecular complexity index is 1160. The van der Waals surface area contributed by atoms with Crippen molar-refractivity contribution in [2.75, 3.05) is 18.5 Å². The molecule has 0 fully saturated rings. The summed E-state index contributed by atoms with van der Waals surface area (Å²) in [5, 5.41) is 12.6. The first kappa shape index (κ1) is 18.0. The van der Waals surface area contributed by atoms with E-state index in [1.807, 2.05) is 48.5 Å². The van der Waals surface area contributed by atoms with Gasteiger partial charge >= 0.3 is 0 Å². The van der Waals surface area contributed by atoms with Crippen LogP contribution < -0.4 is 16.6 Å². The van der Waals surface area contributed by atoms with Crippen molar-refractivity contribution in [3.05, 3.63) is 64.4 Å². The van der Waals surface area contributed by atoms with Gasteiger partial charge in [0, 0.05) is 11.3 Å². The molecule has 0 aliphatic carbocycles. The number of anilines is 2. The van der Waals surface area contributed by atoms with E-state index >= 15 is 0 Å². The lowest BCUT2D eigenvalue weighted by molar-refractivity contribution is 0.307. The fraction of sp³-hybridized carbons (Fsp3) is 0.105. The maximum absolute atomic E-state index is 12.0. The largest absolute Gasteiger partial charge is 0.394 e. The molecule has 0 saturated carbocycles. The summed E-state index contributed by atoms with van der Waals surface area (Å²) in [6.07, 6.45) is 0. The summed E-state index contributed by atoms with van der Waals surface area (Å²) in [6.45, 7) is 0.0154. The third-order valence-electron chi connectivity index (χ3n) is 4.14. The molecular formula is C19H18N6O2S. The second-order valence-corrected chi connectivity index (χ2v) is 6.85. The molecule has 6 N–H and O–H groups in total. The van der Waals surface area contributed by atoms with Crippen LogP contribution in [0.1, 0.15) is 5.56 Å². The Hall–Kier alpha value is -3.43. The Morgan fingerprint density at radius 1 is 1.21 bits per heavy atom. The summed E-state index contributed by atoms with van der Waals surface area (Å²) in [7, 11) is 0. The van der Waals surface area contributed by atoms with Gasteiger partial charge in [0.15, 0.2) is 0 Å². The molecule has 142 valence electrons. The highest BCUT2D eigenvalue weighted by molar-refractivity contribution is 7.10. The molecule has 2 heterocycles. The SMILES string of the molecule is NC(=NCCO)c1c(Nc2ccc(-c3nc4ccccc4[nH]3)cc2)s[nH]c1=O. The number of imidazole rings is 1. The Balaban J connectivity index is 1.58. The van der Waals surface area contributed by atoms with E-state index in [9.17, 15) is 4.79 Å². The molecule has 0 aliphatic heterocycles. The monoisotopic (exact) mass is 394 g/mol. The van der Waals surface area contributed by atoms with Gasteiger partial charge in [-0.2, -0.15) is 0 Å². The molecule has 0 atom stereocenters. The van der Waals surface area contributed by atoms with Crippen LogP contribution in [0.5, 0.6) is 0 Å². The normalized spacial score (nSPS) is 11.8. The minimum atomic E-state index is -0.314. The second-order valence-electron chi connectivity index (χ2n) is 6.03. The van der Waals surface area contributed by atoms with Crippen molar-refractivity contribution in [3.8, 4) is 11.4 Å². The van der Waals surface area contributed by atoms with Crippen LogP contribution in [0.4, 0.5) is 10.7 Å². The van der Waals surface area contributed by atoms with Gasteiger partial charge in [0.1, 0.15) is 22.2 Å². The first-order valence-corrected chi connectivity index (χ1v) is 9.42. The van der Waals surface area contributed by atoms with E-state index in [0.29, 0.717) is 5.00 Å². The highest BCUT2D eigenvalue weighted by Gasteiger charge is 2.15. The molecule has 28 heavy (non-hydrogen) atoms. The lowest BCUT2D eigenvalue weighted by Gasteiger charge is -2.06. The summed E-state index contributed by atoms with van der Waals surface area (Å²) in [5.41, 5.74) is 9.50. The van der Waals surface area contributed by atoms with Crippen LogP contribution in [0.3, 0.4) is 0 Å². The van der Waals surface area contributed by atoms with Crippen molar-refractivity contribution < 1.29 is 5.11 Å². The Morgan fingerprint density at radius 3 is 2.75 bits per heavy atom. The maximum Gasteiger partial charge on any atom is 0.271 e. The van der Waals surface area contributed by atoms with E-state index in [4.69, 9.17) is 10.8 Å². The van der Waals surface area contributed by atoms with E-state index in [2.05, 4.69) is 24.7 Å². The van der Waals surface area contributed by atoms with E-state index in [0.717, 1.165) is 39.6 Å². The van der Waals surface area contributed by atoms with Crippen molar-refractivity contribution in [2.24, 2.45) is 10.7 Å². The summed E-state index contributed by atoms with van der Waals surface area (Å²) in [6, 6.07) is 15.6. The van der Waals surface area contributed by atoms with Gasteiger partial charge in [-0.05, 0) is 47.9 Å². The zero-order valence-electron chi connectivity index (χ0n) is 14.8. The van der Waals surface area contributed by atoms with Gasteiger partial charge in [-0.15, -0.1) is 0 Å². The molecule has 9 heteroatoms. The zero-order valence-corrected chi connectivity index (χ0v) is 15.6. The average Bonchev–Trinajstić information content (AvgIpc) is 3.30. The van der Waals surface area contributed by atoms with Crippen molar-refractivity contribution in [3.63, 3.8) is 0 Å². The molecule has 2 aromatic heterocycles. The third kappa shape index (κ3) is 3.53. The number of benzene rings is 2. The number of para-hydroxylation sites is 2. The van der Waals surface area contributed by atoms with Crippen LogP contribution in [0, 0.1) is 0 Å². The fourth-order valence-corrected chi connectivity index (χ4v) is 3.57. The van der Waals surface area contributed by atoms with Crippen molar-refractivity contribution in [2.45, 2.75) is 0 Å². The number of hydrogen-bond donors (Lipinski definition) is 5. The Kier molecular flexibility index (Phi) is 4.92. The van der Waals surface area contributed by atoms with Gasteiger partial charge in [-0.1, -0.05) is 12.1 Å². The highest BCUT2D eigenvalue weighted by Crippen LogP contribution is 2.26. The van der Waals surface area contributed by atoms with Crippen molar-refractivity contribution >= 4 is 39.1 Å². The van der Waals surface area contributed by atoms with Crippen LogP contribution >= 0.6 is 11.5 Å². The first-order valence-electron chi connectivity index (χ1n) is 8.60. The van der Waals surface area contributed by atoms with Crippen LogP contribution in [0.25, 0.3) is 22.4 Å². The number of aromatic nitrogens is 3. The minimum absolute atomic E-state index is 0.0953. The number of nitrogens with one attached hydrogen (secondary N) is 3. The summed E-state index contributed by atoms with van der Waals surface area (Å²) in [5.74, 6) is 0.887. The predicted octanol–water partition coefficient (Wildman–Crippen LogP) is 2.42. The van der Waals surface area contributed by atoms with E-state index in [-0.39, 0.29) is 30.1 Å². The second kappa shape index (κ2) is 7.67. The molecule has 2 aromatic carbocycles. The number of fused-ring (bicyclic) bond motifs is 1. The highest BCUT2D eigenvalue weighted by atomic mass is 32.1. The number of aromatic amines is 2. The number of amidine groups is 1. The molecule has 0 bridgehead atoms. The fourth-order valence-electron chi connectivity index (χ4n) is 2.80. The third-order valence-corrected chi connectivity index (χ3v) is 4.94. The quantitative estimate of drug-likeness (QED) is 0.253. The molecule has 0 amide bonds. The van der Waals surface area contributed by atoms with Crippen LogP contribution in [0.15, 0.2) is 58.3 Å². The molecule has 8 nitrogen and oxygen atoms in total. The first-order chi connectivity index (χ1) is 13.7. The van der Waals surface area contributed by atoms with Crippen LogP contribution in [0.2, 0.25) is 0 Å². The standard InChI is InChI=1S/C19H18N6O2S/c20-16(21-9-10-26)15-18(27)25-28-19(15)22-12-7-5-11(6-8-12)17-23-13-3-1-2-4-14(13)24-17/h1-8,22,26H,9-10H2,(H2,20,21)(H,23,24)(H,25,27). The van der Waals surface area contributed by atoms with Crippen molar-refractivity contribution in [1.29, 1.82) is 0 Å². The van der Waals surface area contributed by atoms with Crippen LogP contribution in [-0.4, -0.2) is 38.4 Å². The molecular weight excluding hydrogens is 376 g/mol. The lowest BCUT2D eigenvalue weighted by Crippen LogP contribution is -2.22. The van der Waals surface area contributed by atoms with Gasteiger partial charge in [0.05, 0.1) is 24.2 Å². The average molecular weight is 394 g/mol. The summed E-state index contributed by atoms with van der Waals surface area (Å²) >= 11 is 1.15. The number of aliphatic hydroxyl groups excluding tert-OH is 1. The molecule has 0 aliphatic rings. The minimum Gasteiger partial charge on any atom is -0.394 e. The smallest absolute Gasteiger partial charge is 0.271 e. The number of rotatable bonds is 6. The number of H-pyrrole nitrogens is 2. The van der Waals surface area contributed by atoms with Gasteiger partial charge in [-0.25, -0.2) is 4.98 Å². The topological polar surface area (TPSA) is 132 Å². The van der Waals surface area contributed by atoms with Gasteiger partial charge < -0.3 is 21.1 Å². The van der Waals surface area contributed by atoms with Gasteiger partial charge in [0.25, 0.3) is 5.56 Å². The molecule has 4 aromatic rings. The summed E-state index contributed by atoms with van der Waals surface area (Å²) < 4.78 is 2.65. The zero-order chi connectivity index (χ0) is 19.5. The van der Waals surface area contributed by atoms with E-state index < -0.39 is 0 Å². The molecule has 0 saturated heterocycles. The van der Waals surface area contributed by atoms with Gasteiger partial charge in [0.2, 0.25) is 0 Å². The van der Waals surface area contributed by atoms with E-state index in [1.54, 1.807) is 0 Å². The molecule has 0 unspecified atom stereocenters. The predicted molar refractivity (Wildman–Crippen MR) is 112 cm³/mol. The van der Waals surface area contributed by atoms with E-state index in [1.165, 1.54) is 0 Å². The van der Waals surface area contributed by atoms with Gasteiger partial charge in [-0.3, -0.25) is 14.2 Å². The lowest BCUT2D eigenvalue weighted by atomic mass is 10.2. The molecule has 0 spiro atoms. The number of nitrogens with zero attached hydrogens (tertiary/aromatic N) is 2. The molecule has 4 rings (SSSR count). The van der Waals surface area contributed by atoms with Crippen LogP contribution in [-0.2, 0) is 0 Å². The Morgan fingerprint density at radius 2 is 2.00 bits per heavy atom. The molecule has 0 radical (unpaired) electrons. The number of hydrogen-bond acceptors (Lipinski definition) is 6. The maximum atomic E-state index is 12.0. The summed E-state index contributed by atoms with van der Waals surface area (Å²) in [4.78, 5) is 23.9. The number of aliphatic hydroxyl groups is 1. The Labute approximate surface area is 163 Å².